The fraction of sp³-hybridized carbons (Fsp3) is 0. The molecule has 3 rings (SSSR count). The number of cyclic esters (lactones) is 1. The molecule has 0 saturated heterocycles. The molecule has 0 radical (unpaired) electrons. The summed E-state index contributed by atoms with van der Waals surface area (Å²) in [5.74, 6) is -0.238. The van der Waals surface area contributed by atoms with Crippen molar-refractivity contribution in [1.82, 2.24) is 0 Å². The third-order valence-electron chi connectivity index (χ3n) is 2.97. The Morgan fingerprint density at radius 2 is 1.82 bits per heavy atom. The number of hydrogen-bond acceptors (Lipinski definition) is 3. The summed E-state index contributed by atoms with van der Waals surface area (Å²) < 4.78 is 6.13. The van der Waals surface area contributed by atoms with Gasteiger partial charge in [-0.15, -0.1) is 0 Å². The van der Waals surface area contributed by atoms with E-state index in [1.165, 1.54) is 0 Å². The molecule has 1 aliphatic heterocycles. The molecule has 0 amide bonds. The molecule has 3 nitrogen and oxygen atoms in total. The maximum absolute atomic E-state index is 11.9. The van der Waals surface area contributed by atoms with Crippen LogP contribution >= 0.6 is 39.1 Å². The molecule has 1 aliphatic rings. The van der Waals surface area contributed by atoms with E-state index < -0.39 is 5.97 Å². The van der Waals surface area contributed by atoms with Gasteiger partial charge in [0, 0.05) is 20.1 Å². The first-order valence-electron chi connectivity index (χ1n) is 6.26. The van der Waals surface area contributed by atoms with E-state index in [0.29, 0.717) is 15.6 Å². The Kier molecular flexibility index (Phi) is 4.34. The van der Waals surface area contributed by atoms with Crippen molar-refractivity contribution >= 4 is 57.1 Å². The summed E-state index contributed by atoms with van der Waals surface area (Å²) in [5.41, 5.74) is 1.57. The third-order valence-corrected chi connectivity index (χ3v) is 4.06. The number of benzene rings is 2. The highest BCUT2D eigenvalue weighted by Crippen LogP contribution is 2.26. The van der Waals surface area contributed by atoms with Gasteiger partial charge in [-0.25, -0.2) is 9.79 Å². The molecule has 2 aromatic rings. The predicted molar refractivity (Wildman–Crippen MR) is 91.2 cm³/mol. The maximum atomic E-state index is 11.9. The number of esters is 1. The van der Waals surface area contributed by atoms with Gasteiger partial charge in [0.05, 0.1) is 0 Å². The smallest absolute Gasteiger partial charge is 0.363 e. The zero-order valence-corrected chi connectivity index (χ0v) is 14.1. The van der Waals surface area contributed by atoms with Gasteiger partial charge in [0.15, 0.2) is 5.70 Å². The minimum atomic E-state index is -0.510. The van der Waals surface area contributed by atoms with Crippen LogP contribution in [0.4, 0.5) is 0 Å². The number of carbonyl (C=O) groups excluding carboxylic acids is 1. The van der Waals surface area contributed by atoms with E-state index in [-0.39, 0.29) is 11.6 Å². The van der Waals surface area contributed by atoms with Crippen LogP contribution in [0.2, 0.25) is 10.0 Å². The van der Waals surface area contributed by atoms with Crippen molar-refractivity contribution in [2.24, 2.45) is 4.99 Å². The summed E-state index contributed by atoms with van der Waals surface area (Å²) in [5, 5.41) is 0.972. The predicted octanol–water partition coefficient (Wildman–Crippen LogP) is 5.10. The summed E-state index contributed by atoms with van der Waals surface area (Å²) in [7, 11) is 0. The number of rotatable bonds is 2. The molecule has 0 unspecified atom stereocenters. The van der Waals surface area contributed by atoms with Crippen molar-refractivity contribution < 1.29 is 9.53 Å². The van der Waals surface area contributed by atoms with Crippen LogP contribution in [0.3, 0.4) is 0 Å². The van der Waals surface area contributed by atoms with Gasteiger partial charge in [-0.1, -0.05) is 45.2 Å². The van der Waals surface area contributed by atoms with Crippen molar-refractivity contribution in [1.29, 1.82) is 0 Å². The molecule has 22 heavy (non-hydrogen) atoms. The second-order valence-electron chi connectivity index (χ2n) is 4.51. The minimum Gasteiger partial charge on any atom is -0.402 e. The Hall–Kier alpha value is -1.62. The average Bonchev–Trinajstić information content (AvgIpc) is 2.84. The first-order valence-corrected chi connectivity index (χ1v) is 7.81. The van der Waals surface area contributed by atoms with Crippen molar-refractivity contribution in [3.05, 3.63) is 73.8 Å². The number of ether oxygens (including phenoxy) is 1. The monoisotopic (exact) mass is 395 g/mol. The number of halogens is 3. The second-order valence-corrected chi connectivity index (χ2v) is 6.27. The van der Waals surface area contributed by atoms with Crippen LogP contribution < -0.4 is 0 Å². The molecular weight excluding hydrogens is 389 g/mol. The first-order chi connectivity index (χ1) is 10.5. The first kappa shape index (κ1) is 15.3. The molecule has 110 valence electrons. The Labute approximate surface area is 145 Å². The average molecular weight is 397 g/mol. The van der Waals surface area contributed by atoms with Crippen molar-refractivity contribution in [2.75, 3.05) is 0 Å². The zero-order chi connectivity index (χ0) is 15.7. The van der Waals surface area contributed by atoms with Gasteiger partial charge in [0.2, 0.25) is 5.90 Å². The highest BCUT2D eigenvalue weighted by molar-refractivity contribution is 9.10. The molecule has 0 N–H and O–H groups in total. The molecule has 2 aromatic carbocycles. The van der Waals surface area contributed by atoms with E-state index in [4.69, 9.17) is 27.9 Å². The molecule has 0 fully saturated rings. The Morgan fingerprint density at radius 3 is 2.50 bits per heavy atom. The van der Waals surface area contributed by atoms with Gasteiger partial charge in [0.1, 0.15) is 0 Å². The van der Waals surface area contributed by atoms with Crippen LogP contribution in [0.5, 0.6) is 0 Å². The van der Waals surface area contributed by atoms with E-state index in [1.54, 1.807) is 24.3 Å². The molecule has 1 heterocycles. The van der Waals surface area contributed by atoms with Crippen LogP contribution in [0.1, 0.15) is 11.1 Å². The van der Waals surface area contributed by atoms with E-state index >= 15 is 0 Å². The molecule has 0 atom stereocenters. The van der Waals surface area contributed by atoms with Crippen LogP contribution in [-0.4, -0.2) is 11.9 Å². The fourth-order valence-electron chi connectivity index (χ4n) is 1.89. The number of nitrogens with zero attached hydrogens (tertiary/aromatic N) is 1. The van der Waals surface area contributed by atoms with E-state index in [1.807, 2.05) is 24.3 Å². The van der Waals surface area contributed by atoms with Gasteiger partial charge in [-0.05, 0) is 48.0 Å². The molecule has 0 aliphatic carbocycles. The lowest BCUT2D eigenvalue weighted by molar-refractivity contribution is -0.129. The van der Waals surface area contributed by atoms with Crippen molar-refractivity contribution in [3.8, 4) is 0 Å². The van der Waals surface area contributed by atoms with Gasteiger partial charge in [0.25, 0.3) is 0 Å². The largest absolute Gasteiger partial charge is 0.402 e. The second kappa shape index (κ2) is 6.24. The van der Waals surface area contributed by atoms with Crippen LogP contribution in [0, 0.1) is 0 Å². The summed E-state index contributed by atoms with van der Waals surface area (Å²) in [6.07, 6.45) is 1.58. The standard InChI is InChI=1S/C16H8BrCl2NO2/c17-11-4-1-9(2-5-11)15-20-14(16(21)22-15)7-10-3-6-12(18)8-13(10)19/h1-8H/b14-7-. The molecular formula is C16H8BrCl2NO2. The zero-order valence-electron chi connectivity index (χ0n) is 11.0. The summed E-state index contributed by atoms with van der Waals surface area (Å²) in [6.45, 7) is 0. The van der Waals surface area contributed by atoms with Crippen LogP contribution in [0.25, 0.3) is 6.08 Å². The SMILES string of the molecule is O=C1OC(c2ccc(Br)cc2)=N/C1=C\c1ccc(Cl)cc1Cl. The lowest BCUT2D eigenvalue weighted by Crippen LogP contribution is -2.05. The summed E-state index contributed by atoms with van der Waals surface area (Å²) in [6, 6.07) is 12.3. The molecule has 0 bridgehead atoms. The van der Waals surface area contributed by atoms with E-state index in [0.717, 1.165) is 10.0 Å². The molecule has 0 saturated carbocycles. The highest BCUT2D eigenvalue weighted by atomic mass is 79.9. The normalized spacial score (nSPS) is 15.9. The van der Waals surface area contributed by atoms with Gasteiger partial charge < -0.3 is 4.74 Å². The van der Waals surface area contributed by atoms with Gasteiger partial charge >= 0.3 is 5.97 Å². The summed E-state index contributed by atoms with van der Waals surface area (Å²) in [4.78, 5) is 16.2. The Balaban J connectivity index is 1.95. The Bertz CT molecular complexity index is 813. The number of hydrogen-bond donors (Lipinski definition) is 0. The molecule has 0 aromatic heterocycles. The Morgan fingerprint density at radius 1 is 1.09 bits per heavy atom. The number of carbonyl (C=O) groups is 1. The van der Waals surface area contributed by atoms with Crippen LogP contribution in [-0.2, 0) is 9.53 Å². The quantitative estimate of drug-likeness (QED) is 0.523. The minimum absolute atomic E-state index is 0.196. The lowest BCUT2D eigenvalue weighted by Gasteiger charge is -1.99. The maximum Gasteiger partial charge on any atom is 0.363 e. The van der Waals surface area contributed by atoms with Crippen LogP contribution in [0.15, 0.2) is 57.6 Å². The van der Waals surface area contributed by atoms with Crippen molar-refractivity contribution in [2.45, 2.75) is 0 Å². The van der Waals surface area contributed by atoms with Gasteiger partial charge in [-0.2, -0.15) is 0 Å². The van der Waals surface area contributed by atoms with E-state index in [2.05, 4.69) is 20.9 Å². The third kappa shape index (κ3) is 3.24. The number of aliphatic imine (C=N–C) groups is 1. The molecule has 0 spiro atoms. The topological polar surface area (TPSA) is 38.7 Å². The van der Waals surface area contributed by atoms with Crippen molar-refractivity contribution in [3.63, 3.8) is 0 Å². The lowest BCUT2D eigenvalue weighted by atomic mass is 10.2. The molecule has 6 heteroatoms. The summed E-state index contributed by atoms with van der Waals surface area (Å²) >= 11 is 15.3. The fourth-order valence-corrected chi connectivity index (χ4v) is 2.62. The highest BCUT2D eigenvalue weighted by Gasteiger charge is 2.24. The van der Waals surface area contributed by atoms with E-state index in [9.17, 15) is 4.79 Å². The van der Waals surface area contributed by atoms with Gasteiger partial charge in [-0.3, -0.25) is 0 Å².